The molecule has 0 saturated carbocycles. The van der Waals surface area contributed by atoms with Crippen molar-refractivity contribution in [1.29, 1.82) is 0 Å². The zero-order valence-electron chi connectivity index (χ0n) is 17.4. The number of hydrogen-bond donors (Lipinski definition) is 0. The van der Waals surface area contributed by atoms with Crippen molar-refractivity contribution >= 4 is 29.4 Å². The van der Waals surface area contributed by atoms with E-state index in [2.05, 4.69) is 20.8 Å². The van der Waals surface area contributed by atoms with Crippen LogP contribution < -0.4 is 9.47 Å². The Bertz CT molecular complexity index is 1200. The Labute approximate surface area is 186 Å². The summed E-state index contributed by atoms with van der Waals surface area (Å²) in [5, 5.41) is 0.523. The van der Waals surface area contributed by atoms with Gasteiger partial charge < -0.3 is 9.47 Å². The van der Waals surface area contributed by atoms with Crippen LogP contribution in [0.4, 0.5) is 0 Å². The fourth-order valence-corrected chi connectivity index (χ4v) is 3.43. The summed E-state index contributed by atoms with van der Waals surface area (Å²) >= 11 is 6.17. The van der Waals surface area contributed by atoms with Gasteiger partial charge in [0.05, 0.1) is 11.1 Å². The van der Waals surface area contributed by atoms with Gasteiger partial charge in [0.1, 0.15) is 11.5 Å². The van der Waals surface area contributed by atoms with E-state index in [1.807, 2.05) is 24.3 Å². The first-order valence-electron chi connectivity index (χ1n) is 9.88. The van der Waals surface area contributed by atoms with Crippen LogP contribution in [0.15, 0.2) is 72.5 Å². The van der Waals surface area contributed by atoms with Crippen molar-refractivity contribution in [3.05, 3.63) is 99.8 Å². The van der Waals surface area contributed by atoms with Gasteiger partial charge >= 0.3 is 5.97 Å². The van der Waals surface area contributed by atoms with E-state index >= 15 is 0 Å². The van der Waals surface area contributed by atoms with Crippen LogP contribution in [0.5, 0.6) is 11.5 Å². The highest BCUT2D eigenvalue weighted by Crippen LogP contribution is 2.35. The SMILES string of the molecule is CC(C)(C)c1ccc(C(=O)Oc2ccc3c(c2)O/C(=C\c2ccccc2Cl)C3=O)cc1. The van der Waals surface area contributed by atoms with Gasteiger partial charge in [-0.3, -0.25) is 4.79 Å². The molecule has 1 aliphatic heterocycles. The second-order valence-corrected chi connectivity index (χ2v) is 8.74. The summed E-state index contributed by atoms with van der Waals surface area (Å²) < 4.78 is 11.2. The van der Waals surface area contributed by atoms with Gasteiger partial charge in [0, 0.05) is 11.1 Å². The molecular weight excluding hydrogens is 412 g/mol. The van der Waals surface area contributed by atoms with Crippen molar-refractivity contribution < 1.29 is 19.1 Å². The molecule has 0 atom stereocenters. The summed E-state index contributed by atoms with van der Waals surface area (Å²) in [4.78, 5) is 25.2. The molecule has 4 rings (SSSR count). The molecule has 4 nitrogen and oxygen atoms in total. The lowest BCUT2D eigenvalue weighted by molar-refractivity contribution is 0.0734. The Hall–Kier alpha value is -3.37. The number of halogens is 1. The predicted octanol–water partition coefficient (Wildman–Crippen LogP) is 6.47. The molecule has 156 valence electrons. The van der Waals surface area contributed by atoms with Gasteiger partial charge in [0.15, 0.2) is 5.76 Å². The number of rotatable bonds is 3. The molecule has 0 bridgehead atoms. The number of ether oxygens (including phenoxy) is 2. The molecule has 0 saturated heterocycles. The van der Waals surface area contributed by atoms with Crippen molar-refractivity contribution in [3.63, 3.8) is 0 Å². The maximum atomic E-state index is 12.6. The molecule has 0 amide bonds. The fraction of sp³-hybridized carbons (Fsp3) is 0.154. The number of allylic oxidation sites excluding steroid dienone is 1. The molecule has 1 aliphatic rings. The maximum Gasteiger partial charge on any atom is 0.343 e. The summed E-state index contributed by atoms with van der Waals surface area (Å²) in [7, 11) is 0. The minimum Gasteiger partial charge on any atom is -0.452 e. The van der Waals surface area contributed by atoms with Crippen LogP contribution in [-0.2, 0) is 5.41 Å². The molecule has 31 heavy (non-hydrogen) atoms. The third-order valence-electron chi connectivity index (χ3n) is 5.03. The molecule has 3 aromatic carbocycles. The highest BCUT2D eigenvalue weighted by atomic mass is 35.5. The van der Waals surface area contributed by atoms with E-state index in [0.29, 0.717) is 33.2 Å². The summed E-state index contributed by atoms with van der Waals surface area (Å²) in [6.07, 6.45) is 1.60. The minimum absolute atomic E-state index is 0.00149. The van der Waals surface area contributed by atoms with E-state index in [1.165, 1.54) is 0 Å². The van der Waals surface area contributed by atoms with E-state index in [4.69, 9.17) is 21.1 Å². The van der Waals surface area contributed by atoms with Crippen LogP contribution in [0, 0.1) is 0 Å². The summed E-state index contributed by atoms with van der Waals surface area (Å²) in [6.45, 7) is 6.34. The van der Waals surface area contributed by atoms with Crippen molar-refractivity contribution in [1.82, 2.24) is 0 Å². The minimum atomic E-state index is -0.475. The number of carbonyl (C=O) groups excluding carboxylic acids is 2. The molecule has 0 radical (unpaired) electrons. The summed E-state index contributed by atoms with van der Waals surface area (Å²) in [5.74, 6) is 0.0959. The van der Waals surface area contributed by atoms with Gasteiger partial charge in [-0.1, -0.05) is 62.7 Å². The molecule has 0 aliphatic carbocycles. The standard InChI is InChI=1S/C26H21ClO4/c1-26(2,3)18-10-8-16(9-11-18)25(29)30-19-12-13-20-22(15-19)31-23(24(20)28)14-17-6-4-5-7-21(17)27/h4-15H,1-3H3/b23-14-. The van der Waals surface area contributed by atoms with Crippen molar-refractivity contribution in [3.8, 4) is 11.5 Å². The average molecular weight is 433 g/mol. The lowest BCUT2D eigenvalue weighted by Gasteiger charge is -2.18. The molecule has 1 heterocycles. The van der Waals surface area contributed by atoms with E-state index in [0.717, 1.165) is 5.56 Å². The van der Waals surface area contributed by atoms with Crippen molar-refractivity contribution in [2.24, 2.45) is 0 Å². The third-order valence-corrected chi connectivity index (χ3v) is 5.37. The highest BCUT2D eigenvalue weighted by Gasteiger charge is 2.28. The lowest BCUT2D eigenvalue weighted by Crippen LogP contribution is -2.12. The molecule has 0 aromatic heterocycles. The topological polar surface area (TPSA) is 52.6 Å². The highest BCUT2D eigenvalue weighted by molar-refractivity contribution is 6.32. The number of benzene rings is 3. The van der Waals surface area contributed by atoms with E-state index in [9.17, 15) is 9.59 Å². The van der Waals surface area contributed by atoms with Crippen LogP contribution in [0.1, 0.15) is 52.6 Å². The molecule has 5 heteroatoms. The van der Waals surface area contributed by atoms with Gasteiger partial charge in [-0.15, -0.1) is 0 Å². The van der Waals surface area contributed by atoms with Gasteiger partial charge in [-0.05, 0) is 52.9 Å². The predicted molar refractivity (Wildman–Crippen MR) is 121 cm³/mol. The molecule has 0 unspecified atom stereocenters. The number of ketones is 1. The molecule has 0 spiro atoms. The van der Waals surface area contributed by atoms with Crippen LogP contribution in [0.2, 0.25) is 5.02 Å². The lowest BCUT2D eigenvalue weighted by atomic mass is 9.87. The van der Waals surface area contributed by atoms with E-state index in [1.54, 1.807) is 48.5 Å². The fourth-order valence-electron chi connectivity index (χ4n) is 3.24. The second-order valence-electron chi connectivity index (χ2n) is 8.34. The van der Waals surface area contributed by atoms with Gasteiger partial charge in [-0.25, -0.2) is 4.79 Å². The summed E-state index contributed by atoms with van der Waals surface area (Å²) in [5.41, 5.74) is 2.68. The van der Waals surface area contributed by atoms with Crippen LogP contribution >= 0.6 is 11.6 Å². The largest absolute Gasteiger partial charge is 0.452 e. The van der Waals surface area contributed by atoms with Crippen LogP contribution in [0.3, 0.4) is 0 Å². The summed E-state index contributed by atoms with van der Waals surface area (Å²) in [6, 6.07) is 19.3. The first kappa shape index (κ1) is 20.9. The monoisotopic (exact) mass is 432 g/mol. The number of carbonyl (C=O) groups is 2. The third kappa shape index (κ3) is 4.39. The zero-order chi connectivity index (χ0) is 22.2. The Balaban J connectivity index is 1.52. The zero-order valence-corrected chi connectivity index (χ0v) is 18.2. The number of fused-ring (bicyclic) bond motifs is 1. The maximum absolute atomic E-state index is 12.6. The molecule has 0 fully saturated rings. The Morgan fingerprint density at radius 2 is 1.71 bits per heavy atom. The van der Waals surface area contributed by atoms with Crippen molar-refractivity contribution in [2.45, 2.75) is 26.2 Å². The Morgan fingerprint density at radius 1 is 1.00 bits per heavy atom. The van der Waals surface area contributed by atoms with E-state index in [-0.39, 0.29) is 17.0 Å². The number of Topliss-reactive ketones (excluding diaryl/α,β-unsaturated/α-hetero) is 1. The van der Waals surface area contributed by atoms with Gasteiger partial charge in [-0.2, -0.15) is 0 Å². The quantitative estimate of drug-likeness (QED) is 0.270. The first-order valence-corrected chi connectivity index (χ1v) is 10.3. The van der Waals surface area contributed by atoms with Gasteiger partial charge in [0.25, 0.3) is 0 Å². The Morgan fingerprint density at radius 3 is 2.39 bits per heavy atom. The van der Waals surface area contributed by atoms with Gasteiger partial charge in [0.2, 0.25) is 5.78 Å². The molecule has 0 N–H and O–H groups in total. The van der Waals surface area contributed by atoms with Crippen LogP contribution in [-0.4, -0.2) is 11.8 Å². The van der Waals surface area contributed by atoms with E-state index < -0.39 is 5.97 Å². The van der Waals surface area contributed by atoms with Crippen LogP contribution in [0.25, 0.3) is 6.08 Å². The first-order chi connectivity index (χ1) is 14.7. The number of esters is 1. The smallest absolute Gasteiger partial charge is 0.343 e. The normalized spacial score (nSPS) is 14.3. The number of hydrogen-bond acceptors (Lipinski definition) is 4. The molecular formula is C26H21ClO4. The van der Waals surface area contributed by atoms with Crippen molar-refractivity contribution in [2.75, 3.05) is 0 Å². The Kier molecular flexibility index (Phi) is 5.42. The molecule has 3 aromatic rings. The average Bonchev–Trinajstić information content (AvgIpc) is 3.04. The second kappa shape index (κ2) is 8.05.